The van der Waals surface area contributed by atoms with Crippen LogP contribution in [0.3, 0.4) is 0 Å². The third-order valence-corrected chi connectivity index (χ3v) is 5.07. The molecule has 116 valence electrons. The van der Waals surface area contributed by atoms with Crippen molar-refractivity contribution in [1.29, 1.82) is 0 Å². The Labute approximate surface area is 129 Å². The highest BCUT2D eigenvalue weighted by molar-refractivity contribution is 5.44. The van der Waals surface area contributed by atoms with Crippen molar-refractivity contribution in [2.75, 3.05) is 39.8 Å². The van der Waals surface area contributed by atoms with Gasteiger partial charge in [0.2, 0.25) is 0 Å². The van der Waals surface area contributed by atoms with E-state index in [0.29, 0.717) is 6.04 Å². The second kappa shape index (κ2) is 6.80. The fourth-order valence-electron chi connectivity index (χ4n) is 3.80. The first-order chi connectivity index (χ1) is 10.3. The van der Waals surface area contributed by atoms with Crippen LogP contribution < -0.4 is 5.32 Å². The van der Waals surface area contributed by atoms with E-state index in [9.17, 15) is 0 Å². The summed E-state index contributed by atoms with van der Waals surface area (Å²) in [7, 11) is 2.29. The number of nitrogens with zero attached hydrogens (tertiary/aromatic N) is 2. The van der Waals surface area contributed by atoms with Crippen molar-refractivity contribution < 1.29 is 0 Å². The molecule has 0 aromatic heterocycles. The van der Waals surface area contributed by atoms with Gasteiger partial charge in [-0.25, -0.2) is 0 Å². The first-order valence-corrected chi connectivity index (χ1v) is 8.54. The molecular weight excluding hydrogens is 258 g/mol. The first-order valence-electron chi connectivity index (χ1n) is 8.54. The largest absolute Gasteiger partial charge is 0.369 e. The number of rotatable bonds is 3. The van der Waals surface area contributed by atoms with Gasteiger partial charge in [0.05, 0.1) is 0 Å². The highest BCUT2D eigenvalue weighted by atomic mass is 15.3. The predicted octanol–water partition coefficient (Wildman–Crippen LogP) is 2.54. The molecule has 1 fully saturated rings. The predicted molar refractivity (Wildman–Crippen MR) is 89.3 cm³/mol. The van der Waals surface area contributed by atoms with Gasteiger partial charge in [0.25, 0.3) is 0 Å². The summed E-state index contributed by atoms with van der Waals surface area (Å²) < 4.78 is 0. The summed E-state index contributed by atoms with van der Waals surface area (Å²) in [5.74, 6) is 0. The Kier molecular flexibility index (Phi) is 4.81. The zero-order chi connectivity index (χ0) is 14.7. The topological polar surface area (TPSA) is 18.5 Å². The summed E-state index contributed by atoms with van der Waals surface area (Å²) in [6.07, 6.45) is 12.0. The van der Waals surface area contributed by atoms with Gasteiger partial charge in [-0.1, -0.05) is 31.6 Å². The van der Waals surface area contributed by atoms with Crippen LogP contribution >= 0.6 is 0 Å². The molecule has 0 amide bonds. The van der Waals surface area contributed by atoms with Gasteiger partial charge in [0.15, 0.2) is 0 Å². The Morgan fingerprint density at radius 1 is 1.33 bits per heavy atom. The van der Waals surface area contributed by atoms with E-state index in [1.165, 1.54) is 50.2 Å². The number of likely N-dealkylation sites (N-methyl/N-ethyl adjacent to an activating group) is 1. The first kappa shape index (κ1) is 14.9. The maximum Gasteiger partial charge on any atom is 0.0366 e. The van der Waals surface area contributed by atoms with Gasteiger partial charge in [-0.3, -0.25) is 4.90 Å². The van der Waals surface area contributed by atoms with Crippen LogP contribution in [0.5, 0.6) is 0 Å². The second-order valence-electron chi connectivity index (χ2n) is 6.53. The molecule has 1 atom stereocenters. The molecule has 0 radical (unpaired) electrons. The van der Waals surface area contributed by atoms with E-state index in [0.717, 1.165) is 19.5 Å². The third-order valence-electron chi connectivity index (χ3n) is 5.07. The minimum Gasteiger partial charge on any atom is -0.369 e. The Balaban J connectivity index is 1.80. The lowest BCUT2D eigenvalue weighted by Crippen LogP contribution is -2.51. The zero-order valence-electron chi connectivity index (χ0n) is 13.6. The van der Waals surface area contributed by atoms with Gasteiger partial charge in [-0.15, -0.1) is 0 Å². The average Bonchev–Trinajstić information content (AvgIpc) is 2.72. The summed E-state index contributed by atoms with van der Waals surface area (Å²) in [6.45, 7) is 8.02. The summed E-state index contributed by atoms with van der Waals surface area (Å²) in [4.78, 5) is 5.21. The molecule has 1 saturated heterocycles. The van der Waals surface area contributed by atoms with Gasteiger partial charge in [-0.05, 0) is 44.0 Å². The molecule has 21 heavy (non-hydrogen) atoms. The highest BCUT2D eigenvalue weighted by Crippen LogP contribution is 2.29. The van der Waals surface area contributed by atoms with Gasteiger partial charge in [0.1, 0.15) is 0 Å². The number of allylic oxidation sites excluding steroid dienone is 3. The number of nitrogens with one attached hydrogen (secondary N) is 1. The van der Waals surface area contributed by atoms with Crippen molar-refractivity contribution in [2.45, 2.75) is 38.6 Å². The van der Waals surface area contributed by atoms with E-state index in [1.807, 2.05) is 0 Å². The monoisotopic (exact) mass is 287 g/mol. The molecule has 3 rings (SSSR count). The van der Waals surface area contributed by atoms with Gasteiger partial charge in [0, 0.05) is 37.9 Å². The van der Waals surface area contributed by atoms with Crippen molar-refractivity contribution in [3.63, 3.8) is 0 Å². The molecule has 0 spiro atoms. The SMILES string of the molecule is CCCC1CN(C2=CCC=CC3=C2CCNC3)CCN1C. The fraction of sp³-hybridized carbons (Fsp3) is 0.667. The summed E-state index contributed by atoms with van der Waals surface area (Å²) in [6, 6.07) is 0.714. The zero-order valence-corrected chi connectivity index (χ0v) is 13.6. The van der Waals surface area contributed by atoms with Gasteiger partial charge >= 0.3 is 0 Å². The van der Waals surface area contributed by atoms with Crippen molar-refractivity contribution in [1.82, 2.24) is 15.1 Å². The van der Waals surface area contributed by atoms with Crippen LogP contribution in [0.4, 0.5) is 0 Å². The highest BCUT2D eigenvalue weighted by Gasteiger charge is 2.27. The Morgan fingerprint density at radius 2 is 2.24 bits per heavy atom. The molecule has 0 aromatic rings. The molecule has 1 N–H and O–H groups in total. The van der Waals surface area contributed by atoms with Crippen LogP contribution in [0.1, 0.15) is 32.6 Å². The lowest BCUT2D eigenvalue weighted by Gasteiger charge is -2.42. The lowest BCUT2D eigenvalue weighted by atomic mass is 9.96. The van der Waals surface area contributed by atoms with E-state index >= 15 is 0 Å². The van der Waals surface area contributed by atoms with E-state index in [1.54, 1.807) is 5.57 Å². The van der Waals surface area contributed by atoms with E-state index in [2.05, 4.69) is 47.3 Å². The van der Waals surface area contributed by atoms with Crippen LogP contribution in [0.15, 0.2) is 35.1 Å². The van der Waals surface area contributed by atoms with Crippen LogP contribution in [0.2, 0.25) is 0 Å². The van der Waals surface area contributed by atoms with Gasteiger partial charge < -0.3 is 10.2 Å². The summed E-state index contributed by atoms with van der Waals surface area (Å²) >= 11 is 0. The molecular formula is C18H29N3. The van der Waals surface area contributed by atoms with Crippen molar-refractivity contribution in [3.05, 3.63) is 35.1 Å². The molecule has 0 saturated carbocycles. The minimum absolute atomic E-state index is 0.714. The van der Waals surface area contributed by atoms with Crippen molar-refractivity contribution >= 4 is 0 Å². The molecule has 0 bridgehead atoms. The molecule has 1 aliphatic carbocycles. The maximum absolute atomic E-state index is 3.51. The summed E-state index contributed by atoms with van der Waals surface area (Å²) in [5, 5.41) is 3.51. The molecule has 2 aliphatic heterocycles. The third kappa shape index (κ3) is 3.24. The van der Waals surface area contributed by atoms with Crippen LogP contribution in [-0.4, -0.2) is 55.6 Å². The molecule has 3 aliphatic rings. The maximum atomic E-state index is 3.51. The van der Waals surface area contributed by atoms with E-state index in [4.69, 9.17) is 0 Å². The number of hydrogen-bond donors (Lipinski definition) is 1. The standard InChI is InChI=1S/C18H29N3/c1-3-6-16-14-21(12-11-20(16)2)18-8-5-4-7-15-13-19-10-9-17(15)18/h4,7-8,16,19H,3,5-6,9-14H2,1-2H3. The smallest absolute Gasteiger partial charge is 0.0366 e. The van der Waals surface area contributed by atoms with Crippen LogP contribution in [0.25, 0.3) is 0 Å². The molecule has 3 heteroatoms. The Hall–Kier alpha value is -1.06. The second-order valence-corrected chi connectivity index (χ2v) is 6.53. The molecule has 3 nitrogen and oxygen atoms in total. The van der Waals surface area contributed by atoms with E-state index < -0.39 is 0 Å². The molecule has 0 aromatic carbocycles. The quantitative estimate of drug-likeness (QED) is 0.860. The molecule has 2 heterocycles. The number of hydrogen-bond acceptors (Lipinski definition) is 3. The normalized spacial score (nSPS) is 27.4. The van der Waals surface area contributed by atoms with Crippen LogP contribution in [-0.2, 0) is 0 Å². The minimum atomic E-state index is 0.714. The van der Waals surface area contributed by atoms with E-state index in [-0.39, 0.29) is 0 Å². The van der Waals surface area contributed by atoms with Crippen molar-refractivity contribution in [2.24, 2.45) is 0 Å². The fourth-order valence-corrected chi connectivity index (χ4v) is 3.80. The molecule has 1 unspecified atom stereocenters. The number of piperazine rings is 1. The Morgan fingerprint density at radius 3 is 3.10 bits per heavy atom. The average molecular weight is 287 g/mol. The van der Waals surface area contributed by atoms with Crippen LogP contribution in [0, 0.1) is 0 Å². The Bertz CT molecular complexity index is 461. The summed E-state index contributed by atoms with van der Waals surface area (Å²) in [5.41, 5.74) is 4.64. The lowest BCUT2D eigenvalue weighted by molar-refractivity contribution is 0.114. The van der Waals surface area contributed by atoms with Crippen molar-refractivity contribution in [3.8, 4) is 0 Å². The van der Waals surface area contributed by atoms with Gasteiger partial charge in [-0.2, -0.15) is 0 Å².